The first kappa shape index (κ1) is 8.52. The minimum atomic E-state index is 0.339. The SMILES string of the molecule is C[C@]12CC[C@@H](COC1)[C@@]2(C)CN. The molecule has 70 valence electrons. The molecule has 0 radical (unpaired) electrons. The molecule has 1 saturated carbocycles. The molecule has 0 aromatic rings. The van der Waals surface area contributed by atoms with E-state index in [4.69, 9.17) is 10.5 Å². The van der Waals surface area contributed by atoms with Crippen LogP contribution >= 0.6 is 0 Å². The zero-order valence-corrected chi connectivity index (χ0v) is 8.10. The zero-order chi connectivity index (χ0) is 8.82. The average Bonchev–Trinajstić information content (AvgIpc) is 2.27. The van der Waals surface area contributed by atoms with Gasteiger partial charge in [-0.2, -0.15) is 0 Å². The van der Waals surface area contributed by atoms with E-state index in [0.29, 0.717) is 16.7 Å². The van der Waals surface area contributed by atoms with Gasteiger partial charge in [-0.3, -0.25) is 0 Å². The van der Waals surface area contributed by atoms with Gasteiger partial charge < -0.3 is 10.5 Å². The maximum atomic E-state index is 5.89. The summed E-state index contributed by atoms with van der Waals surface area (Å²) in [6.07, 6.45) is 2.61. The molecule has 1 aliphatic heterocycles. The lowest BCUT2D eigenvalue weighted by Crippen LogP contribution is -2.50. The van der Waals surface area contributed by atoms with Crippen LogP contribution < -0.4 is 5.73 Å². The number of hydrogen-bond donors (Lipinski definition) is 1. The van der Waals surface area contributed by atoms with Crippen LogP contribution in [0.2, 0.25) is 0 Å². The van der Waals surface area contributed by atoms with Crippen molar-refractivity contribution in [3.63, 3.8) is 0 Å². The summed E-state index contributed by atoms with van der Waals surface area (Å²) in [5.74, 6) is 0.709. The van der Waals surface area contributed by atoms with Gasteiger partial charge in [0.25, 0.3) is 0 Å². The van der Waals surface area contributed by atoms with Crippen molar-refractivity contribution in [3.05, 3.63) is 0 Å². The van der Waals surface area contributed by atoms with Gasteiger partial charge in [0, 0.05) is 6.61 Å². The molecule has 1 aliphatic carbocycles. The number of nitrogens with two attached hydrogens (primary N) is 1. The van der Waals surface area contributed by atoms with Crippen molar-refractivity contribution in [3.8, 4) is 0 Å². The first-order valence-electron chi connectivity index (χ1n) is 4.90. The summed E-state index contributed by atoms with van der Waals surface area (Å²) in [5.41, 5.74) is 6.58. The Bertz CT molecular complexity index is 190. The van der Waals surface area contributed by atoms with E-state index in [1.807, 2.05) is 0 Å². The molecule has 3 atom stereocenters. The zero-order valence-electron chi connectivity index (χ0n) is 8.10. The van der Waals surface area contributed by atoms with Gasteiger partial charge in [0.1, 0.15) is 0 Å². The highest BCUT2D eigenvalue weighted by molar-refractivity contribution is 5.05. The molecule has 1 heterocycles. The van der Waals surface area contributed by atoms with Crippen LogP contribution in [0.5, 0.6) is 0 Å². The van der Waals surface area contributed by atoms with Crippen LogP contribution in [0.3, 0.4) is 0 Å². The monoisotopic (exact) mass is 169 g/mol. The molecule has 2 fully saturated rings. The highest BCUT2D eigenvalue weighted by atomic mass is 16.5. The molecule has 2 nitrogen and oxygen atoms in total. The maximum absolute atomic E-state index is 5.89. The fourth-order valence-electron chi connectivity index (χ4n) is 2.93. The summed E-state index contributed by atoms with van der Waals surface area (Å²) < 4.78 is 5.60. The Hall–Kier alpha value is -0.0800. The minimum Gasteiger partial charge on any atom is -0.381 e. The minimum absolute atomic E-state index is 0.339. The van der Waals surface area contributed by atoms with Gasteiger partial charge in [-0.15, -0.1) is 0 Å². The lowest BCUT2D eigenvalue weighted by atomic mass is 9.64. The molecule has 12 heavy (non-hydrogen) atoms. The third-order valence-corrected chi connectivity index (χ3v) is 4.49. The Morgan fingerprint density at radius 2 is 2.25 bits per heavy atom. The van der Waals surface area contributed by atoms with Crippen LogP contribution in [0, 0.1) is 16.7 Å². The van der Waals surface area contributed by atoms with Crippen molar-refractivity contribution in [2.45, 2.75) is 26.7 Å². The van der Waals surface area contributed by atoms with E-state index in [1.165, 1.54) is 12.8 Å². The van der Waals surface area contributed by atoms with Crippen LogP contribution in [-0.4, -0.2) is 19.8 Å². The van der Waals surface area contributed by atoms with Gasteiger partial charge in [0.2, 0.25) is 0 Å². The highest BCUT2D eigenvalue weighted by Crippen LogP contribution is 2.58. The summed E-state index contributed by atoms with van der Waals surface area (Å²) in [5, 5.41) is 0. The Labute approximate surface area is 74.5 Å². The Morgan fingerprint density at radius 1 is 1.50 bits per heavy atom. The highest BCUT2D eigenvalue weighted by Gasteiger charge is 2.56. The fourth-order valence-corrected chi connectivity index (χ4v) is 2.93. The number of hydrogen-bond acceptors (Lipinski definition) is 2. The van der Waals surface area contributed by atoms with Gasteiger partial charge in [-0.05, 0) is 36.1 Å². The largest absolute Gasteiger partial charge is 0.381 e. The van der Waals surface area contributed by atoms with E-state index in [1.54, 1.807) is 0 Å². The van der Waals surface area contributed by atoms with Crippen molar-refractivity contribution in [1.29, 1.82) is 0 Å². The number of ether oxygens (including phenoxy) is 1. The topological polar surface area (TPSA) is 35.2 Å². The third kappa shape index (κ3) is 0.826. The van der Waals surface area contributed by atoms with E-state index < -0.39 is 0 Å². The quantitative estimate of drug-likeness (QED) is 0.644. The molecule has 2 bridgehead atoms. The molecular formula is C10H19NO. The normalized spacial score (nSPS) is 52.8. The molecule has 0 aromatic carbocycles. The lowest BCUT2D eigenvalue weighted by molar-refractivity contribution is -0.0919. The van der Waals surface area contributed by atoms with Crippen LogP contribution in [-0.2, 0) is 4.74 Å². The van der Waals surface area contributed by atoms with Crippen molar-refractivity contribution in [1.82, 2.24) is 0 Å². The second kappa shape index (κ2) is 2.46. The summed E-state index contributed by atoms with van der Waals surface area (Å²) in [7, 11) is 0. The molecule has 0 amide bonds. The number of rotatable bonds is 1. The Morgan fingerprint density at radius 3 is 2.75 bits per heavy atom. The molecule has 1 saturated heterocycles. The van der Waals surface area contributed by atoms with E-state index in [-0.39, 0.29) is 0 Å². The van der Waals surface area contributed by atoms with E-state index in [2.05, 4.69) is 13.8 Å². The summed E-state index contributed by atoms with van der Waals surface area (Å²) in [6, 6.07) is 0. The first-order valence-corrected chi connectivity index (χ1v) is 4.90. The molecule has 0 spiro atoms. The molecule has 0 aromatic heterocycles. The van der Waals surface area contributed by atoms with Gasteiger partial charge in [0.05, 0.1) is 6.61 Å². The molecule has 2 aliphatic rings. The third-order valence-electron chi connectivity index (χ3n) is 4.49. The van der Waals surface area contributed by atoms with Crippen LogP contribution in [0.4, 0.5) is 0 Å². The molecule has 2 rings (SSSR count). The smallest absolute Gasteiger partial charge is 0.0525 e. The molecule has 0 unspecified atom stereocenters. The van der Waals surface area contributed by atoms with Crippen molar-refractivity contribution in [2.75, 3.05) is 19.8 Å². The summed E-state index contributed by atoms with van der Waals surface area (Å²) in [4.78, 5) is 0. The van der Waals surface area contributed by atoms with Crippen molar-refractivity contribution in [2.24, 2.45) is 22.5 Å². The fraction of sp³-hybridized carbons (Fsp3) is 1.00. The maximum Gasteiger partial charge on any atom is 0.0525 e. The lowest BCUT2D eigenvalue weighted by Gasteiger charge is -2.47. The summed E-state index contributed by atoms with van der Waals surface area (Å²) >= 11 is 0. The predicted octanol–water partition coefficient (Wildman–Crippen LogP) is 1.40. The molecule has 2 N–H and O–H groups in total. The van der Waals surface area contributed by atoms with Gasteiger partial charge in [-0.25, -0.2) is 0 Å². The second-order valence-corrected chi connectivity index (χ2v) is 4.93. The average molecular weight is 169 g/mol. The van der Waals surface area contributed by atoms with Gasteiger partial charge in [0.15, 0.2) is 0 Å². The Kier molecular flexibility index (Phi) is 1.74. The van der Waals surface area contributed by atoms with Crippen LogP contribution in [0.15, 0.2) is 0 Å². The molecule has 2 heteroatoms. The summed E-state index contributed by atoms with van der Waals surface area (Å²) in [6.45, 7) is 7.34. The second-order valence-electron chi connectivity index (χ2n) is 4.93. The van der Waals surface area contributed by atoms with E-state index in [0.717, 1.165) is 19.8 Å². The van der Waals surface area contributed by atoms with Crippen molar-refractivity contribution >= 4 is 0 Å². The van der Waals surface area contributed by atoms with Crippen molar-refractivity contribution < 1.29 is 4.74 Å². The van der Waals surface area contributed by atoms with Gasteiger partial charge >= 0.3 is 0 Å². The Balaban J connectivity index is 2.32. The van der Waals surface area contributed by atoms with Crippen LogP contribution in [0.25, 0.3) is 0 Å². The van der Waals surface area contributed by atoms with Gasteiger partial charge in [-0.1, -0.05) is 13.8 Å². The standard InChI is InChI=1S/C10H19NO/c1-9-4-3-8(5-12-7-9)10(9,2)6-11/h8H,3-7,11H2,1-2H3/t8-,9-,10+/m0/s1. The molecular weight excluding hydrogens is 150 g/mol. The van der Waals surface area contributed by atoms with E-state index >= 15 is 0 Å². The first-order chi connectivity index (χ1) is 5.62. The number of fused-ring (bicyclic) bond motifs is 2. The van der Waals surface area contributed by atoms with E-state index in [9.17, 15) is 0 Å². The van der Waals surface area contributed by atoms with Crippen LogP contribution in [0.1, 0.15) is 26.7 Å². The predicted molar refractivity (Wildman–Crippen MR) is 48.8 cm³/mol.